The van der Waals surface area contributed by atoms with Gasteiger partial charge in [0.15, 0.2) is 0 Å². The summed E-state index contributed by atoms with van der Waals surface area (Å²) in [5.74, 6) is 0. The molecule has 1 aromatic heterocycles. The molecule has 1 heteroatoms. The molecule has 0 bridgehead atoms. The molecule has 0 fully saturated rings. The molecule has 5 aromatic rings. The van der Waals surface area contributed by atoms with Crippen molar-refractivity contribution >= 4 is 21.8 Å². The van der Waals surface area contributed by atoms with Crippen LogP contribution in [0.25, 0.3) is 32.9 Å². The first kappa shape index (κ1) is 15.0. The van der Waals surface area contributed by atoms with Crippen LogP contribution in [0.1, 0.15) is 5.56 Å². The van der Waals surface area contributed by atoms with Crippen LogP contribution in [-0.4, -0.2) is 4.57 Å². The van der Waals surface area contributed by atoms with Crippen molar-refractivity contribution in [2.75, 3.05) is 0 Å². The van der Waals surface area contributed by atoms with Gasteiger partial charge in [0.1, 0.15) is 0 Å². The first-order valence-corrected chi connectivity index (χ1v) is 9.00. The van der Waals surface area contributed by atoms with Gasteiger partial charge in [0.25, 0.3) is 0 Å². The van der Waals surface area contributed by atoms with Gasteiger partial charge in [-0.15, -0.1) is 0 Å². The van der Waals surface area contributed by atoms with Gasteiger partial charge >= 0.3 is 0 Å². The first-order chi connectivity index (χ1) is 12.9. The second-order valence-corrected chi connectivity index (χ2v) is 6.68. The molecule has 0 radical (unpaired) electrons. The molecule has 0 aliphatic rings. The Morgan fingerprint density at radius 2 is 0.962 bits per heavy atom. The van der Waals surface area contributed by atoms with Crippen molar-refractivity contribution in [1.82, 2.24) is 4.57 Å². The molecule has 0 unspecified atom stereocenters. The third-order valence-corrected chi connectivity index (χ3v) is 5.08. The lowest BCUT2D eigenvalue weighted by Gasteiger charge is -2.09. The van der Waals surface area contributed by atoms with E-state index in [-0.39, 0.29) is 0 Å². The Hall–Kier alpha value is -3.32. The van der Waals surface area contributed by atoms with Gasteiger partial charge in [-0.2, -0.15) is 0 Å². The third kappa shape index (κ3) is 2.49. The Balaban J connectivity index is 1.57. The summed E-state index contributed by atoms with van der Waals surface area (Å²) in [7, 11) is 0. The summed E-state index contributed by atoms with van der Waals surface area (Å²) in [6.07, 6.45) is 0. The maximum absolute atomic E-state index is 2.42. The Labute approximate surface area is 153 Å². The summed E-state index contributed by atoms with van der Waals surface area (Å²) >= 11 is 0. The lowest BCUT2D eigenvalue weighted by molar-refractivity contribution is 0.869. The van der Waals surface area contributed by atoms with Crippen LogP contribution >= 0.6 is 0 Å². The third-order valence-electron chi connectivity index (χ3n) is 5.08. The Bertz CT molecular complexity index is 1130. The zero-order valence-electron chi connectivity index (χ0n) is 14.5. The van der Waals surface area contributed by atoms with Crippen LogP contribution in [0.2, 0.25) is 0 Å². The molecule has 0 saturated heterocycles. The van der Waals surface area contributed by atoms with Crippen LogP contribution in [0, 0.1) is 0 Å². The molecule has 0 N–H and O–H groups in total. The molecule has 1 nitrogen and oxygen atoms in total. The maximum atomic E-state index is 2.42. The zero-order valence-corrected chi connectivity index (χ0v) is 14.5. The van der Waals surface area contributed by atoms with E-state index >= 15 is 0 Å². The molecule has 124 valence electrons. The van der Waals surface area contributed by atoms with E-state index in [1.54, 1.807) is 0 Å². The second-order valence-electron chi connectivity index (χ2n) is 6.68. The predicted molar refractivity (Wildman–Crippen MR) is 110 cm³/mol. The van der Waals surface area contributed by atoms with Crippen molar-refractivity contribution in [2.45, 2.75) is 6.54 Å². The summed E-state index contributed by atoms with van der Waals surface area (Å²) < 4.78 is 2.42. The van der Waals surface area contributed by atoms with Crippen LogP contribution in [0.5, 0.6) is 0 Å². The van der Waals surface area contributed by atoms with E-state index in [2.05, 4.69) is 108 Å². The van der Waals surface area contributed by atoms with E-state index < -0.39 is 0 Å². The van der Waals surface area contributed by atoms with Crippen LogP contribution in [0.15, 0.2) is 103 Å². The van der Waals surface area contributed by atoms with Crippen LogP contribution < -0.4 is 0 Å². The predicted octanol–water partition coefficient (Wildman–Crippen LogP) is 6.51. The largest absolute Gasteiger partial charge is 0.336 e. The average molecular weight is 333 g/mol. The monoisotopic (exact) mass is 333 g/mol. The fourth-order valence-electron chi connectivity index (χ4n) is 3.79. The van der Waals surface area contributed by atoms with E-state index in [0.717, 1.165) is 6.54 Å². The number of para-hydroxylation sites is 2. The van der Waals surface area contributed by atoms with Crippen LogP contribution in [-0.2, 0) is 6.54 Å². The molecule has 0 amide bonds. The molecule has 0 aliphatic heterocycles. The number of fused-ring (bicyclic) bond motifs is 3. The highest BCUT2D eigenvalue weighted by Gasteiger charge is 2.09. The fourth-order valence-corrected chi connectivity index (χ4v) is 3.79. The van der Waals surface area contributed by atoms with Gasteiger partial charge in [0.05, 0.1) is 0 Å². The maximum Gasteiger partial charge on any atom is 0.0494 e. The first-order valence-electron chi connectivity index (χ1n) is 9.00. The molecule has 0 aliphatic carbocycles. The van der Waals surface area contributed by atoms with E-state index in [9.17, 15) is 0 Å². The molecule has 4 aromatic carbocycles. The highest BCUT2D eigenvalue weighted by molar-refractivity contribution is 6.08. The molecular formula is C25H19N. The Kier molecular flexibility index (Phi) is 3.57. The minimum Gasteiger partial charge on any atom is -0.336 e. The summed E-state index contributed by atoms with van der Waals surface area (Å²) in [5.41, 5.74) is 6.42. The van der Waals surface area contributed by atoms with Crippen molar-refractivity contribution in [3.8, 4) is 11.1 Å². The van der Waals surface area contributed by atoms with E-state index in [0.29, 0.717) is 0 Å². The molecule has 0 saturated carbocycles. The number of aromatic nitrogens is 1. The summed E-state index contributed by atoms with van der Waals surface area (Å²) in [6.45, 7) is 0.878. The number of nitrogens with zero attached hydrogens (tertiary/aromatic N) is 1. The number of benzene rings is 4. The SMILES string of the molecule is c1ccc(-c2ccc(Cn3c4ccccc4c4ccccc43)cc2)cc1. The quantitative estimate of drug-likeness (QED) is 0.355. The van der Waals surface area contributed by atoms with Crippen molar-refractivity contribution in [3.05, 3.63) is 109 Å². The normalized spacial score (nSPS) is 11.2. The zero-order chi connectivity index (χ0) is 17.3. The molecular weight excluding hydrogens is 314 g/mol. The van der Waals surface area contributed by atoms with Crippen molar-refractivity contribution < 1.29 is 0 Å². The molecule has 0 atom stereocenters. The van der Waals surface area contributed by atoms with Crippen molar-refractivity contribution in [3.63, 3.8) is 0 Å². The van der Waals surface area contributed by atoms with Gasteiger partial charge in [-0.1, -0.05) is 91.0 Å². The summed E-state index contributed by atoms with van der Waals surface area (Å²) in [5, 5.41) is 2.65. The van der Waals surface area contributed by atoms with Gasteiger partial charge in [0.2, 0.25) is 0 Å². The van der Waals surface area contributed by atoms with Crippen molar-refractivity contribution in [1.29, 1.82) is 0 Å². The lowest BCUT2D eigenvalue weighted by Crippen LogP contribution is -1.99. The molecule has 5 rings (SSSR count). The van der Waals surface area contributed by atoms with Crippen LogP contribution in [0.4, 0.5) is 0 Å². The highest BCUT2D eigenvalue weighted by Crippen LogP contribution is 2.29. The number of hydrogen-bond donors (Lipinski definition) is 0. The Morgan fingerprint density at radius 1 is 0.462 bits per heavy atom. The van der Waals surface area contributed by atoms with Gasteiger partial charge < -0.3 is 4.57 Å². The minimum absolute atomic E-state index is 0.878. The summed E-state index contributed by atoms with van der Waals surface area (Å²) in [6, 6.07) is 36.8. The molecule has 26 heavy (non-hydrogen) atoms. The minimum atomic E-state index is 0.878. The highest BCUT2D eigenvalue weighted by atomic mass is 15.0. The summed E-state index contributed by atoms with van der Waals surface area (Å²) in [4.78, 5) is 0. The van der Waals surface area contributed by atoms with Gasteiger partial charge in [-0.05, 0) is 28.8 Å². The molecule has 0 spiro atoms. The van der Waals surface area contributed by atoms with Gasteiger partial charge in [-0.3, -0.25) is 0 Å². The second kappa shape index (κ2) is 6.20. The van der Waals surface area contributed by atoms with Gasteiger partial charge in [0, 0.05) is 28.4 Å². The fraction of sp³-hybridized carbons (Fsp3) is 0.0400. The standard InChI is InChI=1S/C25H19N/c1-2-8-20(9-3-1)21-16-14-19(15-17-21)18-26-24-12-6-4-10-22(24)23-11-5-7-13-25(23)26/h1-17H,18H2. The van der Waals surface area contributed by atoms with Gasteiger partial charge in [-0.25, -0.2) is 0 Å². The van der Waals surface area contributed by atoms with E-state index in [1.807, 2.05) is 0 Å². The smallest absolute Gasteiger partial charge is 0.0494 e. The van der Waals surface area contributed by atoms with Crippen molar-refractivity contribution in [2.24, 2.45) is 0 Å². The number of rotatable bonds is 3. The average Bonchev–Trinajstić information content (AvgIpc) is 3.04. The number of hydrogen-bond acceptors (Lipinski definition) is 0. The van der Waals surface area contributed by atoms with E-state index in [1.165, 1.54) is 38.5 Å². The van der Waals surface area contributed by atoms with Crippen LogP contribution in [0.3, 0.4) is 0 Å². The van der Waals surface area contributed by atoms with E-state index in [4.69, 9.17) is 0 Å². The lowest BCUT2D eigenvalue weighted by atomic mass is 10.0. The topological polar surface area (TPSA) is 4.93 Å². The Morgan fingerprint density at radius 3 is 1.58 bits per heavy atom. The molecule has 1 heterocycles.